The number of nitrogens with zero attached hydrogens (tertiary/aromatic N) is 1. The van der Waals surface area contributed by atoms with E-state index in [-0.39, 0.29) is 5.60 Å². The fourth-order valence-electron chi connectivity index (χ4n) is 1.44. The summed E-state index contributed by atoms with van der Waals surface area (Å²) in [6.07, 6.45) is 2.74. The van der Waals surface area contributed by atoms with Gasteiger partial charge in [0.2, 0.25) is 0 Å². The first-order valence-electron chi connectivity index (χ1n) is 5.67. The van der Waals surface area contributed by atoms with Gasteiger partial charge in [-0.2, -0.15) is 0 Å². The maximum absolute atomic E-state index is 5.87. The van der Waals surface area contributed by atoms with Gasteiger partial charge in [0, 0.05) is 0 Å². The van der Waals surface area contributed by atoms with E-state index in [1.165, 1.54) is 0 Å². The molecule has 0 amide bonds. The van der Waals surface area contributed by atoms with Gasteiger partial charge in [0.1, 0.15) is 11.4 Å². The largest absolute Gasteiger partial charge is 0.486 e. The molecule has 0 aliphatic rings. The number of rotatable bonds is 4. The van der Waals surface area contributed by atoms with E-state index in [9.17, 15) is 0 Å². The molecule has 0 aliphatic carbocycles. The molecule has 1 aromatic rings. The van der Waals surface area contributed by atoms with Gasteiger partial charge in [-0.1, -0.05) is 13.5 Å². The third-order valence-corrected chi connectivity index (χ3v) is 2.70. The minimum absolute atomic E-state index is 0.140. The van der Waals surface area contributed by atoms with E-state index in [0.29, 0.717) is 0 Å². The van der Waals surface area contributed by atoms with Crippen molar-refractivity contribution in [1.29, 1.82) is 0 Å². The summed E-state index contributed by atoms with van der Waals surface area (Å²) in [5, 5.41) is 0. The first-order chi connectivity index (χ1) is 7.35. The Morgan fingerprint density at radius 1 is 1.50 bits per heavy atom. The van der Waals surface area contributed by atoms with Crippen molar-refractivity contribution in [1.82, 2.24) is 4.98 Å². The quantitative estimate of drug-likeness (QED) is 0.764. The van der Waals surface area contributed by atoms with E-state index in [4.69, 9.17) is 4.74 Å². The maximum Gasteiger partial charge on any atom is 0.138 e. The average Bonchev–Trinajstić information content (AvgIpc) is 2.16. The molecule has 2 heteroatoms. The van der Waals surface area contributed by atoms with Crippen LogP contribution in [-0.2, 0) is 0 Å². The highest BCUT2D eigenvalue weighted by molar-refractivity contribution is 5.61. The van der Waals surface area contributed by atoms with Crippen LogP contribution >= 0.6 is 0 Å². The maximum atomic E-state index is 5.87. The monoisotopic (exact) mass is 219 g/mol. The summed E-state index contributed by atoms with van der Waals surface area (Å²) in [5.74, 6) is 0.828. The van der Waals surface area contributed by atoms with Crippen LogP contribution < -0.4 is 4.74 Å². The SMILES string of the molecule is C=C(C)c1ncc(OC(C)(C)CC)cc1C. The molecule has 0 spiro atoms. The zero-order valence-corrected chi connectivity index (χ0v) is 10.9. The van der Waals surface area contributed by atoms with Crippen LogP contribution in [0.15, 0.2) is 18.8 Å². The smallest absolute Gasteiger partial charge is 0.138 e. The van der Waals surface area contributed by atoms with E-state index in [1.807, 2.05) is 19.9 Å². The van der Waals surface area contributed by atoms with Crippen molar-refractivity contribution >= 4 is 5.57 Å². The Hall–Kier alpha value is -1.31. The lowest BCUT2D eigenvalue weighted by Crippen LogP contribution is -2.26. The Kier molecular flexibility index (Phi) is 3.74. The average molecular weight is 219 g/mol. The molecule has 0 unspecified atom stereocenters. The van der Waals surface area contributed by atoms with Crippen molar-refractivity contribution in [2.45, 2.75) is 46.6 Å². The molecular formula is C14H21NO. The summed E-state index contributed by atoms with van der Waals surface area (Å²) in [4.78, 5) is 4.37. The molecule has 0 radical (unpaired) electrons. The molecule has 0 atom stereocenters. The van der Waals surface area contributed by atoms with Gasteiger partial charge in [0.25, 0.3) is 0 Å². The highest BCUT2D eigenvalue weighted by atomic mass is 16.5. The lowest BCUT2D eigenvalue weighted by Gasteiger charge is -2.25. The van der Waals surface area contributed by atoms with Crippen molar-refractivity contribution in [2.75, 3.05) is 0 Å². The summed E-state index contributed by atoms with van der Waals surface area (Å²) < 4.78 is 5.87. The molecule has 2 nitrogen and oxygen atoms in total. The highest BCUT2D eigenvalue weighted by Gasteiger charge is 2.17. The third-order valence-electron chi connectivity index (χ3n) is 2.70. The van der Waals surface area contributed by atoms with Crippen LogP contribution in [0.25, 0.3) is 5.57 Å². The number of pyridine rings is 1. The molecule has 1 rings (SSSR count). The predicted molar refractivity (Wildman–Crippen MR) is 68.7 cm³/mol. The molecule has 1 heterocycles. The molecule has 0 fully saturated rings. The number of aryl methyl sites for hydroxylation is 1. The summed E-state index contributed by atoms with van der Waals surface area (Å²) in [7, 11) is 0. The molecule has 88 valence electrons. The Labute approximate surface area is 98.4 Å². The zero-order valence-electron chi connectivity index (χ0n) is 10.9. The second-order valence-corrected chi connectivity index (χ2v) is 4.83. The summed E-state index contributed by atoms with van der Waals surface area (Å²) in [5.41, 5.74) is 2.91. The van der Waals surface area contributed by atoms with Gasteiger partial charge in [-0.3, -0.25) is 4.98 Å². The number of ether oxygens (including phenoxy) is 1. The molecule has 0 saturated heterocycles. The number of hydrogen-bond acceptors (Lipinski definition) is 2. The Morgan fingerprint density at radius 3 is 2.56 bits per heavy atom. The van der Waals surface area contributed by atoms with Crippen LogP contribution in [0.5, 0.6) is 5.75 Å². The third kappa shape index (κ3) is 3.09. The Bertz CT molecular complexity index is 394. The van der Waals surface area contributed by atoms with Crippen LogP contribution in [-0.4, -0.2) is 10.6 Å². The minimum Gasteiger partial charge on any atom is -0.486 e. The topological polar surface area (TPSA) is 22.1 Å². The minimum atomic E-state index is -0.140. The molecule has 0 aliphatic heterocycles. The second-order valence-electron chi connectivity index (χ2n) is 4.83. The summed E-state index contributed by atoms with van der Waals surface area (Å²) in [6.45, 7) is 14.2. The lowest BCUT2D eigenvalue weighted by molar-refractivity contribution is 0.105. The molecule has 0 bridgehead atoms. The van der Waals surface area contributed by atoms with Crippen LogP contribution in [0, 0.1) is 6.92 Å². The fraction of sp³-hybridized carbons (Fsp3) is 0.500. The van der Waals surface area contributed by atoms with E-state index in [2.05, 4.69) is 32.3 Å². The van der Waals surface area contributed by atoms with Gasteiger partial charge < -0.3 is 4.74 Å². The van der Waals surface area contributed by atoms with Crippen molar-refractivity contribution in [3.8, 4) is 5.75 Å². The molecule has 0 N–H and O–H groups in total. The van der Waals surface area contributed by atoms with Crippen LogP contribution in [0.2, 0.25) is 0 Å². The molecule has 0 saturated carbocycles. The van der Waals surface area contributed by atoms with E-state index >= 15 is 0 Å². The highest BCUT2D eigenvalue weighted by Crippen LogP contribution is 2.23. The van der Waals surface area contributed by atoms with Gasteiger partial charge in [0.15, 0.2) is 0 Å². The summed E-state index contributed by atoms with van der Waals surface area (Å²) in [6, 6.07) is 2.02. The standard InChI is InChI=1S/C14H21NO/c1-7-14(5,6)16-12-8-11(4)13(10(2)3)15-9-12/h8-9H,2,7H2,1,3-6H3. The van der Waals surface area contributed by atoms with Crippen LogP contribution in [0.4, 0.5) is 0 Å². The van der Waals surface area contributed by atoms with Gasteiger partial charge in [0.05, 0.1) is 11.9 Å². The van der Waals surface area contributed by atoms with Gasteiger partial charge in [-0.15, -0.1) is 0 Å². The molecule has 0 aromatic carbocycles. The van der Waals surface area contributed by atoms with Crippen LogP contribution in [0.1, 0.15) is 45.4 Å². The molecule has 16 heavy (non-hydrogen) atoms. The molecular weight excluding hydrogens is 198 g/mol. The second kappa shape index (κ2) is 4.69. The fourth-order valence-corrected chi connectivity index (χ4v) is 1.44. The number of allylic oxidation sites excluding steroid dienone is 1. The van der Waals surface area contributed by atoms with Gasteiger partial charge >= 0.3 is 0 Å². The Morgan fingerprint density at radius 2 is 2.12 bits per heavy atom. The number of hydrogen-bond donors (Lipinski definition) is 0. The van der Waals surface area contributed by atoms with Gasteiger partial charge in [-0.25, -0.2) is 0 Å². The first-order valence-corrected chi connectivity index (χ1v) is 5.67. The molecule has 1 aromatic heterocycles. The van der Waals surface area contributed by atoms with Gasteiger partial charge in [-0.05, 0) is 51.3 Å². The van der Waals surface area contributed by atoms with Crippen molar-refractivity contribution in [2.24, 2.45) is 0 Å². The van der Waals surface area contributed by atoms with E-state index < -0.39 is 0 Å². The van der Waals surface area contributed by atoms with Crippen molar-refractivity contribution < 1.29 is 4.74 Å². The van der Waals surface area contributed by atoms with Crippen LogP contribution in [0.3, 0.4) is 0 Å². The van der Waals surface area contributed by atoms with E-state index in [1.54, 1.807) is 6.20 Å². The zero-order chi connectivity index (χ0) is 12.3. The van der Waals surface area contributed by atoms with Crippen molar-refractivity contribution in [3.63, 3.8) is 0 Å². The number of aromatic nitrogens is 1. The van der Waals surface area contributed by atoms with Crippen molar-refractivity contribution in [3.05, 3.63) is 30.1 Å². The summed E-state index contributed by atoms with van der Waals surface area (Å²) >= 11 is 0. The Balaban J connectivity index is 2.94. The normalized spacial score (nSPS) is 11.3. The van der Waals surface area contributed by atoms with E-state index in [0.717, 1.165) is 29.0 Å². The first kappa shape index (κ1) is 12.8. The lowest BCUT2D eigenvalue weighted by atomic mass is 10.1. The predicted octanol–water partition coefficient (Wildman–Crippen LogP) is 3.99.